The number of carbonyl (C=O) groups is 3. The third-order valence-electron chi connectivity index (χ3n) is 9.67. The van der Waals surface area contributed by atoms with E-state index in [-0.39, 0.29) is 42.5 Å². The van der Waals surface area contributed by atoms with Crippen LogP contribution in [-0.2, 0) is 35.4 Å². The predicted octanol–water partition coefficient (Wildman–Crippen LogP) is 6.52. The lowest BCUT2D eigenvalue weighted by Crippen LogP contribution is -2.66. The lowest BCUT2D eigenvalue weighted by Gasteiger charge is -2.40. The topological polar surface area (TPSA) is 161 Å². The van der Waals surface area contributed by atoms with E-state index in [0.29, 0.717) is 40.4 Å². The maximum atomic E-state index is 14.6. The fraction of sp³-hybridized carbons (Fsp3) is 0.351. The molecule has 4 aromatic rings. The number of aryl methyl sites for hydroxylation is 2. The Morgan fingerprint density at radius 1 is 1.08 bits per heavy atom. The van der Waals surface area contributed by atoms with Gasteiger partial charge in [-0.2, -0.15) is 0 Å². The zero-order chi connectivity index (χ0) is 36.2. The molecule has 3 amide bonds. The Morgan fingerprint density at radius 2 is 1.78 bits per heavy atom. The molecule has 0 saturated heterocycles. The molecule has 1 aromatic heterocycles. The number of rotatable bonds is 13. The minimum atomic E-state index is -1.50. The molecular weight excluding hydrogens is 697 g/mol. The van der Waals surface area contributed by atoms with E-state index in [1.165, 1.54) is 12.1 Å². The van der Waals surface area contributed by atoms with Crippen molar-refractivity contribution in [3.05, 3.63) is 99.2 Å². The minimum absolute atomic E-state index is 0.0514. The molecule has 1 unspecified atom stereocenters. The zero-order valence-corrected chi connectivity index (χ0v) is 30.2. The van der Waals surface area contributed by atoms with Gasteiger partial charge in [0.1, 0.15) is 17.3 Å². The summed E-state index contributed by atoms with van der Waals surface area (Å²) in [4.78, 5) is 46.7. The maximum absolute atomic E-state index is 14.6. The Bertz CT molecular complexity index is 1890. The maximum Gasteiger partial charge on any atom is 0.408 e. The number of carbonyl (C=O) groups excluding carboxylic acids is 2. The van der Waals surface area contributed by atoms with E-state index < -0.39 is 35.5 Å². The van der Waals surface area contributed by atoms with Crippen LogP contribution in [0.5, 0.6) is 5.75 Å². The number of aromatic hydroxyl groups is 1. The Kier molecular flexibility index (Phi) is 11.6. The molecule has 0 bridgehead atoms. The van der Waals surface area contributed by atoms with Crippen molar-refractivity contribution in [2.75, 3.05) is 0 Å². The number of nitrogens with one attached hydrogen (secondary N) is 3. The monoisotopic (exact) mass is 737 g/mol. The molecule has 1 heterocycles. The van der Waals surface area contributed by atoms with Gasteiger partial charge in [0, 0.05) is 29.1 Å². The number of nitrogens with zero attached hydrogens (tertiary/aromatic N) is 1. The third-order valence-corrected chi connectivity index (χ3v) is 10.4. The van der Waals surface area contributed by atoms with Crippen LogP contribution in [0.4, 0.5) is 4.79 Å². The first-order chi connectivity index (χ1) is 23.8. The van der Waals surface area contributed by atoms with E-state index in [9.17, 15) is 24.6 Å². The molecule has 3 aromatic carbocycles. The van der Waals surface area contributed by atoms with Crippen LogP contribution in [0.3, 0.4) is 0 Å². The van der Waals surface area contributed by atoms with Gasteiger partial charge in [-0.05, 0) is 72.6 Å². The number of fused-ring (bicyclic) bond motifs is 3. The van der Waals surface area contributed by atoms with E-state index in [1.807, 2.05) is 19.9 Å². The number of phenols is 1. The quantitative estimate of drug-likeness (QED) is 0.0852. The summed E-state index contributed by atoms with van der Waals surface area (Å²) in [5, 5.41) is 28.0. The molecular formula is C37H41Cl2N5O5S. The normalized spacial score (nSPS) is 17.3. The van der Waals surface area contributed by atoms with E-state index in [4.69, 9.17) is 41.2 Å². The van der Waals surface area contributed by atoms with Crippen LogP contribution >= 0.6 is 35.4 Å². The molecule has 7 N–H and O–H groups in total. The van der Waals surface area contributed by atoms with Crippen LogP contribution in [0.1, 0.15) is 55.5 Å². The van der Waals surface area contributed by atoms with E-state index in [2.05, 4.69) is 15.6 Å². The summed E-state index contributed by atoms with van der Waals surface area (Å²) in [6.07, 6.45) is 0.524. The number of hydrogen-bond donors (Lipinski definition) is 6. The number of thiocarbonyl (C=S) groups is 1. The van der Waals surface area contributed by atoms with E-state index in [1.54, 1.807) is 48.5 Å². The van der Waals surface area contributed by atoms with Crippen molar-refractivity contribution in [3.8, 4) is 5.75 Å². The number of benzene rings is 3. The molecule has 0 aliphatic heterocycles. The molecule has 0 spiro atoms. The van der Waals surface area contributed by atoms with Crippen molar-refractivity contribution in [3.63, 3.8) is 0 Å². The van der Waals surface area contributed by atoms with Crippen molar-refractivity contribution in [1.29, 1.82) is 0 Å². The molecule has 264 valence electrons. The average molecular weight is 739 g/mol. The van der Waals surface area contributed by atoms with Crippen LogP contribution in [0.2, 0.25) is 10.0 Å². The van der Waals surface area contributed by atoms with Gasteiger partial charge in [-0.15, -0.1) is 0 Å². The molecule has 10 nitrogen and oxygen atoms in total. The number of phenolic OH excluding ortho intramolecular Hbond substituents is 1. The molecule has 50 heavy (non-hydrogen) atoms. The second-order valence-electron chi connectivity index (χ2n) is 13.0. The summed E-state index contributed by atoms with van der Waals surface area (Å²) in [5.74, 6) is -1.08. The summed E-state index contributed by atoms with van der Waals surface area (Å²) >= 11 is 18.3. The second-order valence-corrected chi connectivity index (χ2v) is 14.3. The molecule has 0 radical (unpaired) electrons. The number of amides is 3. The molecule has 0 saturated carbocycles. The van der Waals surface area contributed by atoms with E-state index in [0.717, 1.165) is 27.1 Å². The van der Waals surface area contributed by atoms with Crippen molar-refractivity contribution in [2.45, 2.75) is 76.5 Å². The lowest BCUT2D eigenvalue weighted by atomic mass is 9.78. The van der Waals surface area contributed by atoms with Crippen molar-refractivity contribution in [1.82, 2.24) is 20.5 Å². The molecule has 5 rings (SSSR count). The molecule has 1 aliphatic rings. The van der Waals surface area contributed by atoms with Gasteiger partial charge in [-0.3, -0.25) is 14.5 Å². The Balaban J connectivity index is 1.56. The predicted molar refractivity (Wildman–Crippen MR) is 200 cm³/mol. The number of halogens is 2. The average Bonchev–Trinajstić information content (AvgIpc) is 3.45. The molecule has 1 aliphatic carbocycles. The van der Waals surface area contributed by atoms with Crippen molar-refractivity contribution in [2.24, 2.45) is 11.7 Å². The van der Waals surface area contributed by atoms with Gasteiger partial charge >= 0.3 is 6.09 Å². The van der Waals surface area contributed by atoms with Gasteiger partial charge in [0.05, 0.1) is 21.6 Å². The van der Waals surface area contributed by atoms with Gasteiger partial charge in [-0.1, -0.05) is 98.2 Å². The second kappa shape index (κ2) is 15.7. The first-order valence-corrected chi connectivity index (χ1v) is 17.7. The highest BCUT2D eigenvalue weighted by molar-refractivity contribution is 7.80. The van der Waals surface area contributed by atoms with Gasteiger partial charge < -0.3 is 31.6 Å². The van der Waals surface area contributed by atoms with E-state index >= 15 is 0 Å². The molecule has 13 heteroatoms. The highest BCUT2D eigenvalue weighted by Gasteiger charge is 2.47. The minimum Gasteiger partial charge on any atom is -0.508 e. The Labute approximate surface area is 306 Å². The number of aromatic amines is 1. The summed E-state index contributed by atoms with van der Waals surface area (Å²) in [6.45, 7) is 3.85. The fourth-order valence-corrected chi connectivity index (χ4v) is 7.47. The first kappa shape index (κ1) is 36.9. The number of H-pyrrole nitrogens is 1. The van der Waals surface area contributed by atoms with Crippen LogP contribution in [0, 0.1) is 5.92 Å². The van der Waals surface area contributed by atoms with Crippen LogP contribution < -0.4 is 16.4 Å². The summed E-state index contributed by atoms with van der Waals surface area (Å²) in [6, 6.07) is 17.1. The lowest BCUT2D eigenvalue weighted by molar-refractivity contribution is -0.137. The number of aromatic nitrogens is 1. The fourth-order valence-electron chi connectivity index (χ4n) is 6.64. The van der Waals surface area contributed by atoms with Crippen LogP contribution in [-0.4, -0.2) is 60.6 Å². The third kappa shape index (κ3) is 8.17. The SMILES string of the molecule is CC[C@H](C)C(NC(=O)[C@@]1(NC(=O)[C@H](CCc2ccc(O)cc2)N(Cc2ccccc2)C(=O)O)CCc2[nH]c3c(Cl)cc(Cl)cc3c2C1)C(N)=S. The van der Waals surface area contributed by atoms with Crippen LogP contribution in [0.25, 0.3) is 10.9 Å². The number of carboxylic acid groups (broad SMARTS) is 1. The smallest absolute Gasteiger partial charge is 0.408 e. The highest BCUT2D eigenvalue weighted by Crippen LogP contribution is 2.38. The van der Waals surface area contributed by atoms with Crippen molar-refractivity contribution < 1.29 is 24.6 Å². The Hall–Kier alpha value is -4.32. The zero-order valence-electron chi connectivity index (χ0n) is 27.8. The molecule has 4 atom stereocenters. The van der Waals surface area contributed by atoms with Crippen LogP contribution in [0.15, 0.2) is 66.7 Å². The largest absolute Gasteiger partial charge is 0.508 e. The molecule has 0 fully saturated rings. The Morgan fingerprint density at radius 3 is 2.42 bits per heavy atom. The number of hydrogen-bond acceptors (Lipinski definition) is 5. The van der Waals surface area contributed by atoms with Gasteiger partial charge in [0.15, 0.2) is 0 Å². The van der Waals surface area contributed by atoms with Gasteiger partial charge in [-0.25, -0.2) is 4.79 Å². The first-order valence-electron chi connectivity index (χ1n) is 16.5. The standard InChI is InChI=1S/C37H41Cl2N5O5S/c1-3-21(2)31(33(40)50)42-35(47)37(16-15-29-27(19-37)26-17-24(38)18-28(39)32(26)41-29)43-34(46)30(14-11-22-9-12-25(45)13-10-22)44(36(48)49)20-23-7-5-4-6-8-23/h4-10,12-13,17-18,21,30-31,41,45H,3,11,14-16,19-20H2,1-2H3,(H2,40,50)(H,42,47)(H,43,46)(H,48,49)/t21-,30-,31?,37+/m0/s1. The summed E-state index contributed by atoms with van der Waals surface area (Å²) in [5.41, 5.74) is 8.44. The summed E-state index contributed by atoms with van der Waals surface area (Å²) in [7, 11) is 0. The van der Waals surface area contributed by atoms with Gasteiger partial charge in [0.25, 0.3) is 0 Å². The van der Waals surface area contributed by atoms with Crippen molar-refractivity contribution >= 4 is 69.2 Å². The number of nitrogens with two attached hydrogens (primary N) is 1. The highest BCUT2D eigenvalue weighted by atomic mass is 35.5. The van der Waals surface area contributed by atoms with Gasteiger partial charge in [0.2, 0.25) is 11.8 Å². The summed E-state index contributed by atoms with van der Waals surface area (Å²) < 4.78 is 0.